The summed E-state index contributed by atoms with van der Waals surface area (Å²) in [5.41, 5.74) is 0.878. The van der Waals surface area contributed by atoms with Crippen molar-refractivity contribution in [2.45, 2.75) is 18.9 Å². The molecule has 2 rings (SSSR count). The second-order valence-electron chi connectivity index (χ2n) is 5.12. The number of aliphatic carboxylic acids is 1. The molecule has 6 heteroatoms. The van der Waals surface area contributed by atoms with E-state index in [4.69, 9.17) is 5.11 Å². The minimum absolute atomic E-state index is 0.00821. The molecule has 0 aromatic heterocycles. The van der Waals surface area contributed by atoms with Crippen LogP contribution in [-0.2, 0) is 14.4 Å². The van der Waals surface area contributed by atoms with E-state index in [2.05, 4.69) is 5.32 Å². The molecule has 0 radical (unpaired) electrons. The van der Waals surface area contributed by atoms with Crippen molar-refractivity contribution in [3.8, 4) is 0 Å². The second kappa shape index (κ2) is 6.39. The minimum Gasteiger partial charge on any atom is -0.480 e. The van der Waals surface area contributed by atoms with Gasteiger partial charge in [-0.05, 0) is 12.0 Å². The maximum absolute atomic E-state index is 12.2. The third-order valence-corrected chi connectivity index (χ3v) is 3.75. The summed E-state index contributed by atoms with van der Waals surface area (Å²) in [5, 5.41) is 11.1. The van der Waals surface area contributed by atoms with Crippen LogP contribution < -0.4 is 5.32 Å². The first kappa shape index (κ1) is 15.0. The van der Waals surface area contributed by atoms with Crippen LogP contribution in [0.2, 0.25) is 0 Å². The maximum atomic E-state index is 12.2. The molecule has 0 spiro atoms. The highest BCUT2D eigenvalue weighted by molar-refractivity contribution is 5.86. The molecule has 1 aliphatic rings. The fourth-order valence-corrected chi connectivity index (χ4v) is 2.71. The molecule has 1 fully saturated rings. The van der Waals surface area contributed by atoms with E-state index in [9.17, 15) is 14.4 Å². The van der Waals surface area contributed by atoms with Crippen LogP contribution in [0.5, 0.6) is 0 Å². The van der Waals surface area contributed by atoms with Crippen LogP contribution in [-0.4, -0.2) is 41.4 Å². The quantitative estimate of drug-likeness (QED) is 0.858. The third kappa shape index (κ3) is 3.39. The highest BCUT2D eigenvalue weighted by Gasteiger charge is 2.38. The van der Waals surface area contributed by atoms with Gasteiger partial charge in [-0.1, -0.05) is 30.3 Å². The normalized spacial score (nSPS) is 22.0. The number of likely N-dealkylation sites (tertiary alicyclic amines) is 1. The van der Waals surface area contributed by atoms with Crippen LogP contribution in [0.4, 0.5) is 0 Å². The van der Waals surface area contributed by atoms with Crippen LogP contribution >= 0.6 is 0 Å². The monoisotopic (exact) mass is 290 g/mol. The van der Waals surface area contributed by atoms with Crippen LogP contribution in [0, 0.1) is 5.92 Å². The Morgan fingerprint density at radius 1 is 1.33 bits per heavy atom. The minimum atomic E-state index is -1.08. The Morgan fingerprint density at radius 3 is 2.62 bits per heavy atom. The molecule has 0 saturated carbocycles. The molecule has 2 amide bonds. The second-order valence-corrected chi connectivity index (χ2v) is 5.12. The van der Waals surface area contributed by atoms with Crippen LogP contribution in [0.1, 0.15) is 24.4 Å². The van der Waals surface area contributed by atoms with E-state index < -0.39 is 18.4 Å². The summed E-state index contributed by atoms with van der Waals surface area (Å²) in [6.45, 7) is -0.408. The Bertz CT molecular complexity index is 544. The van der Waals surface area contributed by atoms with E-state index in [1.54, 1.807) is 11.9 Å². The molecular formula is C15H18N2O4. The summed E-state index contributed by atoms with van der Waals surface area (Å²) in [5.74, 6) is -1.86. The Hall–Kier alpha value is -2.37. The smallest absolute Gasteiger partial charge is 0.322 e. The molecule has 1 aromatic rings. The van der Waals surface area contributed by atoms with Gasteiger partial charge >= 0.3 is 5.97 Å². The number of carbonyl (C=O) groups excluding carboxylic acids is 2. The number of hydrogen-bond acceptors (Lipinski definition) is 3. The van der Waals surface area contributed by atoms with Crippen molar-refractivity contribution in [1.29, 1.82) is 0 Å². The van der Waals surface area contributed by atoms with Crippen molar-refractivity contribution in [2.24, 2.45) is 5.92 Å². The first-order chi connectivity index (χ1) is 10.0. The van der Waals surface area contributed by atoms with Crippen molar-refractivity contribution in [1.82, 2.24) is 10.2 Å². The zero-order chi connectivity index (χ0) is 15.4. The number of nitrogens with zero attached hydrogens (tertiary/aromatic N) is 1. The average Bonchev–Trinajstić information content (AvgIpc) is 2.48. The standard InChI is InChI=1S/C15H18N2O4/c1-17-12(18)8-7-11(15(21)16-9-13(19)20)14(17)10-5-3-2-4-6-10/h2-6,11,14H,7-9H2,1H3,(H,16,21)(H,19,20)/t11-,14-/m1/s1. The van der Waals surface area contributed by atoms with E-state index in [0.29, 0.717) is 12.8 Å². The highest BCUT2D eigenvalue weighted by Crippen LogP contribution is 2.35. The number of hydrogen-bond donors (Lipinski definition) is 2. The predicted molar refractivity (Wildman–Crippen MR) is 75.3 cm³/mol. The number of amides is 2. The molecule has 2 N–H and O–H groups in total. The SMILES string of the molecule is CN1C(=O)CC[C@@H](C(=O)NCC(=O)O)[C@H]1c1ccccc1. The zero-order valence-corrected chi connectivity index (χ0v) is 11.8. The molecule has 1 aliphatic heterocycles. The van der Waals surface area contributed by atoms with E-state index in [1.165, 1.54) is 0 Å². The topological polar surface area (TPSA) is 86.7 Å². The molecule has 112 valence electrons. The number of benzene rings is 1. The van der Waals surface area contributed by atoms with Gasteiger partial charge in [-0.15, -0.1) is 0 Å². The number of nitrogens with one attached hydrogen (secondary N) is 1. The lowest BCUT2D eigenvalue weighted by Gasteiger charge is -2.38. The Balaban J connectivity index is 2.23. The summed E-state index contributed by atoms with van der Waals surface area (Å²) in [7, 11) is 1.68. The summed E-state index contributed by atoms with van der Waals surface area (Å²) >= 11 is 0. The van der Waals surface area contributed by atoms with Gasteiger partial charge in [-0.3, -0.25) is 14.4 Å². The largest absolute Gasteiger partial charge is 0.480 e. The lowest BCUT2D eigenvalue weighted by atomic mass is 9.84. The molecule has 1 heterocycles. The molecule has 6 nitrogen and oxygen atoms in total. The average molecular weight is 290 g/mol. The van der Waals surface area contributed by atoms with Gasteiger partial charge in [-0.25, -0.2) is 0 Å². The van der Waals surface area contributed by atoms with Gasteiger partial charge in [-0.2, -0.15) is 0 Å². The van der Waals surface area contributed by atoms with Gasteiger partial charge < -0.3 is 15.3 Å². The van der Waals surface area contributed by atoms with Crippen molar-refractivity contribution in [3.63, 3.8) is 0 Å². The first-order valence-electron chi connectivity index (χ1n) is 6.81. The molecule has 0 unspecified atom stereocenters. The molecule has 0 bridgehead atoms. The van der Waals surface area contributed by atoms with E-state index in [0.717, 1.165) is 5.56 Å². The van der Waals surface area contributed by atoms with Gasteiger partial charge in [0.05, 0.1) is 12.0 Å². The molecule has 2 atom stereocenters. The zero-order valence-electron chi connectivity index (χ0n) is 11.8. The fraction of sp³-hybridized carbons (Fsp3) is 0.400. The van der Waals surface area contributed by atoms with Gasteiger partial charge in [0.1, 0.15) is 6.54 Å². The number of rotatable bonds is 4. The highest BCUT2D eigenvalue weighted by atomic mass is 16.4. The fourth-order valence-electron chi connectivity index (χ4n) is 2.71. The van der Waals surface area contributed by atoms with Gasteiger partial charge in [0.2, 0.25) is 11.8 Å². The van der Waals surface area contributed by atoms with Gasteiger partial charge in [0, 0.05) is 13.5 Å². The molecular weight excluding hydrogens is 272 g/mol. The van der Waals surface area contributed by atoms with Crippen LogP contribution in [0.15, 0.2) is 30.3 Å². The molecule has 0 aliphatic carbocycles. The summed E-state index contributed by atoms with van der Waals surface area (Å²) in [4.78, 5) is 36.3. The van der Waals surface area contributed by atoms with Crippen molar-refractivity contribution in [3.05, 3.63) is 35.9 Å². The van der Waals surface area contributed by atoms with E-state index in [1.807, 2.05) is 30.3 Å². The lowest BCUT2D eigenvalue weighted by Crippen LogP contribution is -2.47. The number of piperidine rings is 1. The summed E-state index contributed by atoms with van der Waals surface area (Å²) in [6, 6.07) is 8.96. The number of carboxylic acids is 1. The number of carbonyl (C=O) groups is 3. The van der Waals surface area contributed by atoms with E-state index in [-0.39, 0.29) is 17.9 Å². The predicted octanol–water partition coefficient (Wildman–Crippen LogP) is 0.797. The number of carboxylic acid groups (broad SMARTS) is 1. The van der Waals surface area contributed by atoms with Gasteiger partial charge in [0.25, 0.3) is 0 Å². The molecule has 21 heavy (non-hydrogen) atoms. The van der Waals surface area contributed by atoms with Crippen molar-refractivity contribution >= 4 is 17.8 Å². The van der Waals surface area contributed by atoms with Crippen molar-refractivity contribution < 1.29 is 19.5 Å². The first-order valence-corrected chi connectivity index (χ1v) is 6.81. The Kier molecular flexibility index (Phi) is 4.57. The summed E-state index contributed by atoms with van der Waals surface area (Å²) < 4.78 is 0. The Labute approximate surface area is 122 Å². The van der Waals surface area contributed by atoms with Crippen LogP contribution in [0.3, 0.4) is 0 Å². The third-order valence-electron chi connectivity index (χ3n) is 3.75. The summed E-state index contributed by atoms with van der Waals surface area (Å²) in [6.07, 6.45) is 0.721. The maximum Gasteiger partial charge on any atom is 0.322 e. The lowest BCUT2D eigenvalue weighted by molar-refractivity contribution is -0.144. The molecule has 1 saturated heterocycles. The van der Waals surface area contributed by atoms with E-state index >= 15 is 0 Å². The van der Waals surface area contributed by atoms with Crippen LogP contribution in [0.25, 0.3) is 0 Å². The van der Waals surface area contributed by atoms with Gasteiger partial charge in [0.15, 0.2) is 0 Å². The molecule has 1 aromatic carbocycles. The van der Waals surface area contributed by atoms with Crippen molar-refractivity contribution in [2.75, 3.05) is 13.6 Å². The Morgan fingerprint density at radius 2 is 2.00 bits per heavy atom.